The monoisotopic (exact) mass is 441 g/mol. The van der Waals surface area contributed by atoms with Crippen LogP contribution in [-0.2, 0) is 16.0 Å². The second-order valence-corrected chi connectivity index (χ2v) is 7.40. The van der Waals surface area contributed by atoms with Gasteiger partial charge in [0.05, 0.1) is 22.3 Å². The van der Waals surface area contributed by atoms with Crippen LogP contribution in [0.15, 0.2) is 72.8 Å². The summed E-state index contributed by atoms with van der Waals surface area (Å²) in [5, 5.41) is 9.39. The minimum Gasteiger partial charge on any atom is -0.375 e. The zero-order valence-corrected chi connectivity index (χ0v) is 17.6. The number of hydrogen-bond acceptors (Lipinski definition) is 3. The molecule has 3 rings (SSSR count). The molecule has 3 aromatic rings. The minimum atomic E-state index is -0.231. The Hall–Kier alpha value is -3.02. The minimum absolute atomic E-state index is 0.0397. The quantitative estimate of drug-likeness (QED) is 0.424. The van der Waals surface area contributed by atoms with Crippen LogP contribution in [0.5, 0.6) is 0 Å². The average molecular weight is 442 g/mol. The van der Waals surface area contributed by atoms with E-state index in [0.29, 0.717) is 39.9 Å². The summed E-state index contributed by atoms with van der Waals surface area (Å²) in [5.41, 5.74) is 3.02. The van der Waals surface area contributed by atoms with Crippen molar-refractivity contribution in [2.75, 3.05) is 22.5 Å². The number of nitrogens with one attached hydrogen (secondary N) is 3. The molecule has 0 bridgehead atoms. The molecule has 30 heavy (non-hydrogen) atoms. The fourth-order valence-electron chi connectivity index (χ4n) is 2.78. The number of rotatable bonds is 8. The van der Waals surface area contributed by atoms with Gasteiger partial charge >= 0.3 is 0 Å². The predicted molar refractivity (Wildman–Crippen MR) is 123 cm³/mol. The molecule has 0 radical (unpaired) electrons. The van der Waals surface area contributed by atoms with E-state index in [1.807, 2.05) is 30.3 Å². The fraction of sp³-hybridized carbons (Fsp3) is 0.130. The summed E-state index contributed by atoms with van der Waals surface area (Å²) < 4.78 is 0. The van der Waals surface area contributed by atoms with E-state index in [1.165, 1.54) is 0 Å². The number of benzene rings is 3. The number of halogens is 2. The number of aryl methyl sites for hydroxylation is 1. The molecule has 0 heterocycles. The van der Waals surface area contributed by atoms with E-state index in [0.717, 1.165) is 5.56 Å². The van der Waals surface area contributed by atoms with Crippen molar-refractivity contribution in [3.63, 3.8) is 0 Å². The molecule has 5 nitrogen and oxygen atoms in total. The number of hydrogen-bond donors (Lipinski definition) is 3. The van der Waals surface area contributed by atoms with E-state index in [1.54, 1.807) is 42.5 Å². The third-order valence-corrected chi connectivity index (χ3v) is 5.15. The fourth-order valence-corrected chi connectivity index (χ4v) is 3.15. The summed E-state index contributed by atoms with van der Waals surface area (Å²) in [7, 11) is 0. The molecule has 0 spiro atoms. The summed E-state index contributed by atoms with van der Waals surface area (Å²) in [6.07, 6.45) is 1.09. The Morgan fingerprint density at radius 2 is 1.37 bits per heavy atom. The van der Waals surface area contributed by atoms with Gasteiger partial charge in [-0.3, -0.25) is 9.59 Å². The first-order valence-corrected chi connectivity index (χ1v) is 10.2. The molecule has 0 aliphatic carbocycles. The van der Waals surface area contributed by atoms with Crippen LogP contribution in [0.25, 0.3) is 0 Å². The molecule has 0 fully saturated rings. The third-order valence-electron chi connectivity index (χ3n) is 4.33. The maximum Gasteiger partial charge on any atom is 0.243 e. The van der Waals surface area contributed by atoms with Crippen molar-refractivity contribution < 1.29 is 9.59 Å². The molecule has 0 saturated heterocycles. The predicted octanol–water partition coefficient (Wildman–Crippen LogP) is 5.62. The van der Waals surface area contributed by atoms with Crippen molar-refractivity contribution in [1.82, 2.24) is 0 Å². The highest BCUT2D eigenvalue weighted by molar-refractivity contribution is 6.43. The first-order valence-electron chi connectivity index (χ1n) is 9.43. The Bertz CT molecular complexity index is 1010. The van der Waals surface area contributed by atoms with E-state index in [4.69, 9.17) is 23.2 Å². The molecule has 2 amide bonds. The van der Waals surface area contributed by atoms with Gasteiger partial charge < -0.3 is 16.0 Å². The second-order valence-electron chi connectivity index (χ2n) is 6.61. The van der Waals surface area contributed by atoms with Crippen molar-refractivity contribution in [3.05, 3.63) is 88.4 Å². The van der Waals surface area contributed by atoms with Crippen LogP contribution in [-0.4, -0.2) is 18.4 Å². The lowest BCUT2D eigenvalue weighted by atomic mass is 10.1. The number of carbonyl (C=O) groups is 2. The Morgan fingerprint density at radius 3 is 2.03 bits per heavy atom. The summed E-state index contributed by atoms with van der Waals surface area (Å²) in [6.45, 7) is 0.0397. The van der Waals surface area contributed by atoms with E-state index < -0.39 is 0 Å². The molecule has 0 aromatic heterocycles. The van der Waals surface area contributed by atoms with Gasteiger partial charge in [-0.25, -0.2) is 0 Å². The number of amides is 2. The van der Waals surface area contributed by atoms with Crippen LogP contribution < -0.4 is 16.0 Å². The molecule has 7 heteroatoms. The van der Waals surface area contributed by atoms with Crippen molar-refractivity contribution >= 4 is 52.1 Å². The van der Waals surface area contributed by atoms with Gasteiger partial charge in [0.15, 0.2) is 0 Å². The Labute approximate surface area is 185 Å². The molecular formula is C23H21Cl2N3O2. The van der Waals surface area contributed by atoms with Crippen LogP contribution in [0.1, 0.15) is 12.0 Å². The normalized spacial score (nSPS) is 10.3. The molecule has 3 N–H and O–H groups in total. The number of anilines is 3. The van der Waals surface area contributed by atoms with Gasteiger partial charge in [-0.1, -0.05) is 59.6 Å². The second kappa shape index (κ2) is 10.7. The Morgan fingerprint density at radius 1 is 0.733 bits per heavy atom. The lowest BCUT2D eigenvalue weighted by Gasteiger charge is -2.10. The van der Waals surface area contributed by atoms with E-state index >= 15 is 0 Å². The maximum atomic E-state index is 12.1. The van der Waals surface area contributed by atoms with E-state index in [9.17, 15) is 9.59 Å². The summed E-state index contributed by atoms with van der Waals surface area (Å²) in [4.78, 5) is 24.3. The lowest BCUT2D eigenvalue weighted by Crippen LogP contribution is -2.21. The van der Waals surface area contributed by atoms with E-state index in [2.05, 4.69) is 16.0 Å². The van der Waals surface area contributed by atoms with Crippen molar-refractivity contribution in [2.45, 2.75) is 12.8 Å². The lowest BCUT2D eigenvalue weighted by molar-refractivity contribution is -0.116. The highest BCUT2D eigenvalue weighted by atomic mass is 35.5. The van der Waals surface area contributed by atoms with Crippen LogP contribution in [0.3, 0.4) is 0 Å². The largest absolute Gasteiger partial charge is 0.375 e. The SMILES string of the molecule is O=C(CCc1ccccc1)Nc1ccc(NC(=O)CNc2cccc(Cl)c2Cl)cc1. The molecule has 0 atom stereocenters. The third kappa shape index (κ3) is 6.51. The van der Waals surface area contributed by atoms with Gasteiger partial charge in [0, 0.05) is 17.8 Å². The van der Waals surface area contributed by atoms with Gasteiger partial charge in [0.2, 0.25) is 11.8 Å². The van der Waals surface area contributed by atoms with Gasteiger partial charge in [0.1, 0.15) is 0 Å². The first-order chi connectivity index (χ1) is 14.5. The molecule has 0 aliphatic rings. The van der Waals surface area contributed by atoms with Crippen molar-refractivity contribution in [3.8, 4) is 0 Å². The van der Waals surface area contributed by atoms with Gasteiger partial charge in [-0.05, 0) is 48.4 Å². The van der Waals surface area contributed by atoms with Crippen LogP contribution in [0.4, 0.5) is 17.1 Å². The zero-order chi connectivity index (χ0) is 21.3. The van der Waals surface area contributed by atoms with Gasteiger partial charge in [0.25, 0.3) is 0 Å². The van der Waals surface area contributed by atoms with Crippen LogP contribution in [0.2, 0.25) is 10.0 Å². The number of carbonyl (C=O) groups excluding carboxylic acids is 2. The van der Waals surface area contributed by atoms with Crippen molar-refractivity contribution in [2.24, 2.45) is 0 Å². The molecule has 3 aromatic carbocycles. The van der Waals surface area contributed by atoms with E-state index in [-0.39, 0.29) is 18.4 Å². The van der Waals surface area contributed by atoms with Crippen molar-refractivity contribution in [1.29, 1.82) is 0 Å². The summed E-state index contributed by atoms with van der Waals surface area (Å²) >= 11 is 12.1. The van der Waals surface area contributed by atoms with Crippen LogP contribution in [0, 0.1) is 0 Å². The summed E-state index contributed by atoms with van der Waals surface area (Å²) in [5.74, 6) is -0.288. The molecule has 0 saturated carbocycles. The molecule has 0 aliphatic heterocycles. The maximum absolute atomic E-state index is 12.1. The Kier molecular flexibility index (Phi) is 7.71. The zero-order valence-electron chi connectivity index (χ0n) is 16.1. The Balaban J connectivity index is 1.45. The van der Waals surface area contributed by atoms with Gasteiger partial charge in [-0.15, -0.1) is 0 Å². The smallest absolute Gasteiger partial charge is 0.243 e. The highest BCUT2D eigenvalue weighted by Crippen LogP contribution is 2.29. The molecule has 154 valence electrons. The topological polar surface area (TPSA) is 70.2 Å². The van der Waals surface area contributed by atoms with Crippen LogP contribution >= 0.6 is 23.2 Å². The molecular weight excluding hydrogens is 421 g/mol. The summed E-state index contributed by atoms with van der Waals surface area (Å²) in [6, 6.07) is 22.0. The van der Waals surface area contributed by atoms with Gasteiger partial charge in [-0.2, -0.15) is 0 Å². The highest BCUT2D eigenvalue weighted by Gasteiger charge is 2.08. The molecule has 0 unspecified atom stereocenters. The average Bonchev–Trinajstić information content (AvgIpc) is 2.75. The first kappa shape index (κ1) is 21.7. The standard InChI is InChI=1S/C23H21Cl2N3O2/c24-19-7-4-8-20(23(19)25)26-15-22(30)28-18-12-10-17(11-13-18)27-21(29)14-9-16-5-2-1-3-6-16/h1-8,10-13,26H,9,14-15H2,(H,27,29)(H,28,30).